The number of nitrogens with one attached hydrogen (secondary N) is 2. The van der Waals surface area contributed by atoms with E-state index in [-0.39, 0.29) is 22.6 Å². The highest BCUT2D eigenvalue weighted by Crippen LogP contribution is 2.37. The van der Waals surface area contributed by atoms with E-state index in [0.717, 1.165) is 30.9 Å². The van der Waals surface area contributed by atoms with Gasteiger partial charge in [-0.3, -0.25) is 9.78 Å². The van der Waals surface area contributed by atoms with E-state index in [1.807, 2.05) is 4.72 Å². The van der Waals surface area contributed by atoms with Gasteiger partial charge in [-0.25, -0.2) is 13.1 Å². The number of carbonyl (C=O) groups excluding carboxylic acids is 1. The molecule has 1 amide bonds. The number of furan rings is 1. The van der Waals surface area contributed by atoms with Crippen LogP contribution in [0.5, 0.6) is 5.75 Å². The van der Waals surface area contributed by atoms with Crippen LogP contribution in [-0.2, 0) is 14.8 Å². The van der Waals surface area contributed by atoms with Gasteiger partial charge in [0.2, 0.25) is 10.0 Å². The molecule has 1 aromatic carbocycles. The summed E-state index contributed by atoms with van der Waals surface area (Å²) in [5.41, 5.74) is 0.728. The molecule has 2 aromatic heterocycles. The van der Waals surface area contributed by atoms with Gasteiger partial charge in [-0.1, -0.05) is 30.0 Å². The lowest BCUT2D eigenvalue weighted by Crippen LogP contribution is -2.23. The van der Waals surface area contributed by atoms with E-state index in [1.54, 1.807) is 6.07 Å². The van der Waals surface area contributed by atoms with Crippen molar-refractivity contribution in [2.75, 3.05) is 7.05 Å². The summed E-state index contributed by atoms with van der Waals surface area (Å²) < 4.78 is 75.2. The molecule has 0 aliphatic carbocycles. The van der Waals surface area contributed by atoms with Crippen LogP contribution in [0.2, 0.25) is 0 Å². The number of nitrogens with zero attached hydrogens (tertiary/aromatic N) is 1. The SMILES string of the molecule is CNS(=O)(=O)c1ccc(-c2cncc3cc(/C=C4/SC(=S)NC4=O)oc23)cc1OC(F)(F)F. The number of halogens is 3. The third kappa shape index (κ3) is 4.88. The van der Waals surface area contributed by atoms with Crippen LogP contribution in [0.1, 0.15) is 5.76 Å². The number of hydrogen-bond donors (Lipinski definition) is 2. The first-order valence-electron chi connectivity index (χ1n) is 8.93. The van der Waals surface area contributed by atoms with Gasteiger partial charge in [-0.15, -0.1) is 13.2 Å². The molecule has 3 aromatic rings. The Balaban J connectivity index is 1.83. The fraction of sp³-hybridized carbons (Fsp3) is 0.105. The fourth-order valence-electron chi connectivity index (χ4n) is 3.02. The summed E-state index contributed by atoms with van der Waals surface area (Å²) in [7, 11) is -3.17. The van der Waals surface area contributed by atoms with E-state index < -0.39 is 27.0 Å². The first-order chi connectivity index (χ1) is 15.5. The lowest BCUT2D eigenvalue weighted by atomic mass is 10.1. The zero-order chi connectivity index (χ0) is 24.0. The lowest BCUT2D eigenvalue weighted by Gasteiger charge is -2.14. The Labute approximate surface area is 194 Å². The predicted molar refractivity (Wildman–Crippen MR) is 119 cm³/mol. The van der Waals surface area contributed by atoms with Crippen molar-refractivity contribution in [2.45, 2.75) is 11.3 Å². The van der Waals surface area contributed by atoms with Crippen molar-refractivity contribution in [3.8, 4) is 16.9 Å². The highest BCUT2D eigenvalue weighted by atomic mass is 32.2. The molecule has 3 heterocycles. The zero-order valence-corrected chi connectivity index (χ0v) is 18.8. The summed E-state index contributed by atoms with van der Waals surface area (Å²) in [5, 5.41) is 2.99. The maximum Gasteiger partial charge on any atom is 0.573 e. The number of aromatic nitrogens is 1. The van der Waals surface area contributed by atoms with Crippen molar-refractivity contribution in [1.82, 2.24) is 15.0 Å². The van der Waals surface area contributed by atoms with Crippen molar-refractivity contribution in [1.29, 1.82) is 0 Å². The fourth-order valence-corrected chi connectivity index (χ4v) is 4.88. The molecule has 4 rings (SSSR count). The van der Waals surface area contributed by atoms with E-state index in [1.165, 1.54) is 24.5 Å². The standard InChI is InChI=1S/C19H12F3N3O5S3/c1-23-33(27,28)15-3-2-9(5-13(15)30-19(20,21)22)12-8-24-7-10-4-11(29-16(10)12)6-14-17(26)25-18(31)32-14/h2-8,23H,1H3,(H,25,26,31)/b14-6+. The molecule has 2 N–H and O–H groups in total. The third-order valence-electron chi connectivity index (χ3n) is 4.40. The van der Waals surface area contributed by atoms with Crippen molar-refractivity contribution in [3.05, 3.63) is 47.3 Å². The van der Waals surface area contributed by atoms with Crippen molar-refractivity contribution < 1.29 is 35.5 Å². The zero-order valence-electron chi connectivity index (χ0n) is 16.4. The molecule has 1 saturated heterocycles. The summed E-state index contributed by atoms with van der Waals surface area (Å²) in [4.78, 5) is 15.6. The molecule has 8 nitrogen and oxygen atoms in total. The van der Waals surface area contributed by atoms with Crippen LogP contribution in [-0.4, -0.2) is 37.0 Å². The highest BCUT2D eigenvalue weighted by Gasteiger charge is 2.34. The van der Waals surface area contributed by atoms with Crippen molar-refractivity contribution >= 4 is 61.3 Å². The monoisotopic (exact) mass is 515 g/mol. The van der Waals surface area contributed by atoms with Gasteiger partial charge in [0.1, 0.15) is 26.3 Å². The molecule has 1 fully saturated rings. The number of rotatable bonds is 5. The van der Waals surface area contributed by atoms with Gasteiger partial charge in [-0.2, -0.15) is 0 Å². The van der Waals surface area contributed by atoms with E-state index in [9.17, 15) is 26.4 Å². The Bertz CT molecular complexity index is 1430. The molecule has 0 spiro atoms. The minimum absolute atomic E-state index is 0.171. The number of amides is 1. The molecule has 172 valence electrons. The third-order valence-corrected chi connectivity index (χ3v) is 7.01. The Morgan fingerprint density at radius 2 is 2.03 bits per heavy atom. The van der Waals surface area contributed by atoms with Gasteiger partial charge in [0.05, 0.1) is 4.91 Å². The number of ether oxygens (including phenoxy) is 1. The number of thioether (sulfide) groups is 1. The van der Waals surface area contributed by atoms with Gasteiger partial charge in [0.25, 0.3) is 5.91 Å². The van der Waals surface area contributed by atoms with E-state index in [4.69, 9.17) is 16.6 Å². The quantitative estimate of drug-likeness (QED) is 0.390. The maximum atomic E-state index is 12.9. The van der Waals surface area contributed by atoms with E-state index >= 15 is 0 Å². The average molecular weight is 516 g/mol. The summed E-state index contributed by atoms with van der Waals surface area (Å²) in [6.45, 7) is 0. The number of sulfonamides is 1. The van der Waals surface area contributed by atoms with Crippen LogP contribution < -0.4 is 14.8 Å². The summed E-state index contributed by atoms with van der Waals surface area (Å²) in [6.07, 6.45) is -0.813. The number of alkyl halides is 3. The van der Waals surface area contributed by atoms with Gasteiger partial charge in [0, 0.05) is 29.4 Å². The highest BCUT2D eigenvalue weighted by molar-refractivity contribution is 8.26. The van der Waals surface area contributed by atoms with Crippen LogP contribution in [0, 0.1) is 0 Å². The minimum atomic E-state index is -5.12. The van der Waals surface area contributed by atoms with Crippen molar-refractivity contribution in [2.24, 2.45) is 0 Å². The number of benzene rings is 1. The predicted octanol–water partition coefficient (Wildman–Crippen LogP) is 3.79. The first-order valence-corrected chi connectivity index (χ1v) is 11.6. The number of carbonyl (C=O) groups is 1. The van der Waals surface area contributed by atoms with Gasteiger partial charge < -0.3 is 14.5 Å². The first kappa shape index (κ1) is 23.2. The molecule has 0 atom stereocenters. The van der Waals surface area contributed by atoms with Gasteiger partial charge in [0.15, 0.2) is 0 Å². The van der Waals surface area contributed by atoms with Crippen LogP contribution in [0.4, 0.5) is 13.2 Å². The molecule has 1 aliphatic rings. The van der Waals surface area contributed by atoms with Crippen molar-refractivity contribution in [3.63, 3.8) is 0 Å². The van der Waals surface area contributed by atoms with E-state index in [0.29, 0.717) is 20.4 Å². The Morgan fingerprint density at radius 3 is 2.67 bits per heavy atom. The van der Waals surface area contributed by atoms with E-state index in [2.05, 4.69) is 15.0 Å². The molecule has 0 bridgehead atoms. The molecule has 0 radical (unpaired) electrons. The number of fused-ring (bicyclic) bond motifs is 1. The van der Waals surface area contributed by atoms with Crippen LogP contribution in [0.15, 0.2) is 50.9 Å². The molecule has 1 aliphatic heterocycles. The van der Waals surface area contributed by atoms with Crippen LogP contribution >= 0.6 is 24.0 Å². The largest absolute Gasteiger partial charge is 0.573 e. The van der Waals surface area contributed by atoms with Crippen LogP contribution in [0.3, 0.4) is 0 Å². The Hall–Kier alpha value is -2.94. The normalized spacial score (nSPS) is 15.9. The Kier molecular flexibility index (Phi) is 5.94. The number of hydrogen-bond acceptors (Lipinski definition) is 8. The average Bonchev–Trinajstić information content (AvgIpc) is 3.28. The molecular weight excluding hydrogens is 503 g/mol. The lowest BCUT2D eigenvalue weighted by molar-refractivity contribution is -0.275. The maximum absolute atomic E-state index is 12.9. The Morgan fingerprint density at radius 1 is 1.27 bits per heavy atom. The molecular formula is C19H12F3N3O5S3. The second-order valence-corrected chi connectivity index (χ2v) is 10.1. The molecule has 0 unspecified atom stereocenters. The second-order valence-electron chi connectivity index (χ2n) is 6.52. The minimum Gasteiger partial charge on any atom is -0.456 e. The summed E-state index contributed by atoms with van der Waals surface area (Å²) in [5.74, 6) is -0.991. The second kappa shape index (κ2) is 8.44. The number of pyridine rings is 1. The van der Waals surface area contributed by atoms with Gasteiger partial charge >= 0.3 is 6.36 Å². The summed E-state index contributed by atoms with van der Waals surface area (Å²) >= 11 is 6.01. The smallest absolute Gasteiger partial charge is 0.456 e. The molecule has 0 saturated carbocycles. The molecule has 33 heavy (non-hydrogen) atoms. The van der Waals surface area contributed by atoms with Crippen LogP contribution in [0.25, 0.3) is 28.2 Å². The van der Waals surface area contributed by atoms with Gasteiger partial charge in [-0.05, 0) is 30.8 Å². The summed E-state index contributed by atoms with van der Waals surface area (Å²) in [6, 6.07) is 4.84. The number of thiocarbonyl (C=S) groups is 1. The molecule has 14 heteroatoms. The topological polar surface area (TPSA) is 111 Å².